The van der Waals surface area contributed by atoms with Crippen molar-refractivity contribution in [3.8, 4) is 0 Å². The summed E-state index contributed by atoms with van der Waals surface area (Å²) in [4.78, 5) is 43.4. The number of ketones is 1. The van der Waals surface area contributed by atoms with Crippen molar-refractivity contribution in [3.63, 3.8) is 0 Å². The van der Waals surface area contributed by atoms with Crippen LogP contribution in [0.5, 0.6) is 0 Å². The van der Waals surface area contributed by atoms with Gasteiger partial charge in [0.05, 0.1) is 12.7 Å². The number of amides is 2. The molecule has 4 aliphatic rings. The molecule has 8 atom stereocenters. The number of Topliss-reactive ketones (excluding diaryl/α,β-unsaturated/α-hetero) is 1. The minimum Gasteiger partial charge on any atom is -0.448 e. The molecule has 0 spiro atoms. The molecule has 1 saturated heterocycles. The van der Waals surface area contributed by atoms with Crippen molar-refractivity contribution < 1.29 is 34.1 Å². The molecule has 0 radical (unpaired) electrons. The Balaban J connectivity index is 1.43. The van der Waals surface area contributed by atoms with Gasteiger partial charge in [0, 0.05) is 62.4 Å². The highest BCUT2D eigenvalue weighted by atomic mass is 16.6. The summed E-state index contributed by atoms with van der Waals surface area (Å²) in [5, 5.41) is 22.9. The van der Waals surface area contributed by atoms with Crippen LogP contribution in [0.15, 0.2) is 12.7 Å². The number of ether oxygens (including phenoxy) is 2. The van der Waals surface area contributed by atoms with E-state index in [0.29, 0.717) is 25.9 Å². The molecule has 1 unspecified atom stereocenters. The molecule has 3 N–H and O–H groups in total. The Kier molecular flexibility index (Phi) is 9.34. The van der Waals surface area contributed by atoms with Crippen LogP contribution in [0, 0.1) is 34.0 Å². The van der Waals surface area contributed by atoms with Gasteiger partial charge in [-0.15, -0.1) is 6.58 Å². The first-order valence-electron chi connectivity index (χ1n) is 15.0. The molecular weight excluding hydrogens is 514 g/mol. The fourth-order valence-electron chi connectivity index (χ4n) is 8.42. The van der Waals surface area contributed by atoms with E-state index in [4.69, 9.17) is 14.6 Å². The van der Waals surface area contributed by atoms with Gasteiger partial charge in [0.1, 0.15) is 18.5 Å². The van der Waals surface area contributed by atoms with Gasteiger partial charge in [-0.2, -0.15) is 0 Å². The molecular formula is C30H49N3O7. The third-order valence-electron chi connectivity index (χ3n) is 11.3. The van der Waals surface area contributed by atoms with E-state index in [9.17, 15) is 19.5 Å². The van der Waals surface area contributed by atoms with Crippen molar-refractivity contribution in [2.24, 2.45) is 34.0 Å². The molecule has 10 nitrogen and oxygen atoms in total. The first-order valence-corrected chi connectivity index (χ1v) is 15.0. The van der Waals surface area contributed by atoms with E-state index in [2.05, 4.69) is 42.5 Å². The summed E-state index contributed by atoms with van der Waals surface area (Å²) in [6, 6.07) is 0. The fraction of sp³-hybridized carbons (Fsp3) is 0.833. The summed E-state index contributed by atoms with van der Waals surface area (Å²) in [7, 11) is 0. The van der Waals surface area contributed by atoms with Crippen LogP contribution in [0.2, 0.25) is 0 Å². The zero-order chi connectivity index (χ0) is 29.3. The zero-order valence-corrected chi connectivity index (χ0v) is 24.7. The average Bonchev–Trinajstić information content (AvgIpc) is 3.28. The number of β-amino-alcohol motifs (C(OH)–C–C–N with tert-alkyl or cyclic N) is 1. The number of hydrogen-bond donors (Lipinski definition) is 3. The van der Waals surface area contributed by atoms with Gasteiger partial charge in [0.15, 0.2) is 0 Å². The van der Waals surface area contributed by atoms with Crippen molar-refractivity contribution >= 4 is 18.0 Å². The number of aliphatic hydroxyl groups excluding tert-OH is 2. The number of nitrogens with zero attached hydrogens (tertiary/aromatic N) is 2. The average molecular weight is 564 g/mol. The van der Waals surface area contributed by atoms with Crippen LogP contribution in [0.1, 0.15) is 59.8 Å². The highest BCUT2D eigenvalue weighted by molar-refractivity contribution is 5.88. The van der Waals surface area contributed by atoms with Crippen molar-refractivity contribution in [1.29, 1.82) is 0 Å². The predicted octanol–water partition coefficient (Wildman–Crippen LogP) is 2.82. The van der Waals surface area contributed by atoms with Gasteiger partial charge in [-0.1, -0.05) is 33.8 Å². The van der Waals surface area contributed by atoms with Crippen LogP contribution in [0.25, 0.3) is 0 Å². The maximum Gasteiger partial charge on any atom is 0.416 e. The molecule has 3 aliphatic carbocycles. The number of aliphatic hydroxyl groups is 2. The molecule has 0 aromatic heterocycles. The van der Waals surface area contributed by atoms with E-state index in [0.717, 1.165) is 45.4 Å². The van der Waals surface area contributed by atoms with E-state index in [1.807, 2.05) is 6.92 Å². The maximum absolute atomic E-state index is 13.5. The normalized spacial score (nSPS) is 40.5. The first-order chi connectivity index (χ1) is 18.9. The summed E-state index contributed by atoms with van der Waals surface area (Å²) in [5.41, 5.74) is -1.75. The topological polar surface area (TPSA) is 129 Å². The molecule has 2 bridgehead atoms. The molecule has 226 valence electrons. The third-order valence-corrected chi connectivity index (χ3v) is 11.3. The van der Waals surface area contributed by atoms with Gasteiger partial charge in [-0.05, 0) is 42.9 Å². The minimum atomic E-state index is -0.905. The monoisotopic (exact) mass is 563 g/mol. The fourth-order valence-corrected chi connectivity index (χ4v) is 8.42. The van der Waals surface area contributed by atoms with Gasteiger partial charge in [-0.25, -0.2) is 14.9 Å². The summed E-state index contributed by atoms with van der Waals surface area (Å²) in [6.07, 6.45) is 1.74. The number of rotatable bonds is 7. The van der Waals surface area contributed by atoms with Crippen molar-refractivity contribution in [1.82, 2.24) is 15.1 Å². The molecule has 0 aromatic carbocycles. The number of carbonyl (C=O) groups excluding carboxylic acids is 3. The Bertz CT molecular complexity index is 969. The Morgan fingerprint density at radius 2 is 1.75 bits per heavy atom. The third kappa shape index (κ3) is 5.56. The molecule has 3 saturated carbocycles. The van der Waals surface area contributed by atoms with Crippen molar-refractivity contribution in [2.75, 3.05) is 52.5 Å². The second kappa shape index (κ2) is 12.1. The quantitative estimate of drug-likeness (QED) is 0.401. The predicted molar refractivity (Wildman–Crippen MR) is 149 cm³/mol. The number of carbonyl (C=O) groups is 3. The lowest BCUT2D eigenvalue weighted by atomic mass is 9.44. The lowest BCUT2D eigenvalue weighted by Gasteiger charge is -2.61. The summed E-state index contributed by atoms with van der Waals surface area (Å²) < 4.78 is 11.3. The van der Waals surface area contributed by atoms with E-state index in [1.165, 1.54) is 0 Å². The van der Waals surface area contributed by atoms with Gasteiger partial charge >= 0.3 is 12.2 Å². The van der Waals surface area contributed by atoms with Crippen LogP contribution in [-0.2, 0) is 14.3 Å². The molecule has 4 rings (SSSR count). The molecule has 0 aromatic rings. The summed E-state index contributed by atoms with van der Waals surface area (Å²) in [6.45, 7) is 17.0. The minimum absolute atomic E-state index is 0.103. The molecule has 1 aliphatic heterocycles. The molecule has 2 amide bonds. The maximum atomic E-state index is 13.5. The molecule has 4 fully saturated rings. The highest BCUT2D eigenvalue weighted by Gasteiger charge is 2.68. The summed E-state index contributed by atoms with van der Waals surface area (Å²) in [5.74, 6) is -0.153. The Labute approximate surface area is 238 Å². The Morgan fingerprint density at radius 3 is 2.38 bits per heavy atom. The smallest absolute Gasteiger partial charge is 0.416 e. The SMILES string of the molecule is C=C[C@]1(C)C[C@@H](OC(=O)NC(=O)OCCN2CCN(CCO)CC2)[C@@]2(C)C(C)CC[C@]3(CCC(=O)[C@H]32)[C@@H](C)[C@@H]1O. The van der Waals surface area contributed by atoms with Crippen LogP contribution in [0.3, 0.4) is 0 Å². The number of alkyl carbamates (subject to hydrolysis) is 2. The number of piperazine rings is 1. The zero-order valence-electron chi connectivity index (χ0n) is 24.7. The van der Waals surface area contributed by atoms with Crippen molar-refractivity contribution in [2.45, 2.75) is 72.0 Å². The molecule has 10 heteroatoms. The van der Waals surface area contributed by atoms with Crippen LogP contribution < -0.4 is 5.32 Å². The van der Waals surface area contributed by atoms with E-state index in [-0.39, 0.29) is 42.2 Å². The van der Waals surface area contributed by atoms with E-state index in [1.54, 1.807) is 6.08 Å². The number of hydrogen-bond acceptors (Lipinski definition) is 9. The number of imide groups is 1. The second-order valence-corrected chi connectivity index (χ2v) is 13.1. The lowest BCUT2D eigenvalue weighted by Crippen LogP contribution is -2.63. The summed E-state index contributed by atoms with van der Waals surface area (Å²) >= 11 is 0. The largest absolute Gasteiger partial charge is 0.448 e. The Morgan fingerprint density at radius 1 is 1.10 bits per heavy atom. The Hall–Kier alpha value is -2.01. The molecule has 1 heterocycles. The van der Waals surface area contributed by atoms with Gasteiger partial charge in [-0.3, -0.25) is 14.6 Å². The van der Waals surface area contributed by atoms with Crippen molar-refractivity contribution in [3.05, 3.63) is 12.7 Å². The van der Waals surface area contributed by atoms with E-state index >= 15 is 0 Å². The van der Waals surface area contributed by atoms with Gasteiger partial charge in [0.2, 0.25) is 0 Å². The van der Waals surface area contributed by atoms with Crippen LogP contribution >= 0.6 is 0 Å². The standard InChI is InChI=1S/C30H49N3O7/c1-6-28(4)19-23(29(5)20(2)7-9-30(21(3)25(28)36)10-8-22(35)24(29)30)40-27(38)31-26(37)39-18-16-33-13-11-32(12-14-33)15-17-34/h6,20-21,23-25,34,36H,1,7-19H2,2-5H3,(H,31,37,38)/t20?,21-,23+,24-,25-,28+,29+,30-/m0/s1. The van der Waals surface area contributed by atoms with Gasteiger partial charge < -0.3 is 19.7 Å². The van der Waals surface area contributed by atoms with Crippen LogP contribution in [0.4, 0.5) is 9.59 Å². The van der Waals surface area contributed by atoms with Crippen LogP contribution in [-0.4, -0.2) is 103 Å². The highest BCUT2D eigenvalue weighted by Crippen LogP contribution is 2.67. The van der Waals surface area contributed by atoms with E-state index < -0.39 is 35.2 Å². The second-order valence-electron chi connectivity index (χ2n) is 13.1. The van der Waals surface area contributed by atoms with Gasteiger partial charge in [0.25, 0.3) is 0 Å². The first kappa shape index (κ1) is 30.9. The molecule has 40 heavy (non-hydrogen) atoms. The lowest BCUT2D eigenvalue weighted by molar-refractivity contribution is -0.191. The number of nitrogens with one attached hydrogen (secondary N) is 1.